The maximum absolute atomic E-state index is 13.3. The molecule has 37 heavy (non-hydrogen) atoms. The Morgan fingerprint density at radius 1 is 1.24 bits per heavy atom. The van der Waals surface area contributed by atoms with Crippen LogP contribution in [0.1, 0.15) is 11.1 Å². The Hall–Kier alpha value is -4.11. The topological polar surface area (TPSA) is 121 Å². The Morgan fingerprint density at radius 2 is 2.05 bits per heavy atom. The summed E-state index contributed by atoms with van der Waals surface area (Å²) in [5, 5.41) is 16.9. The summed E-state index contributed by atoms with van der Waals surface area (Å²) in [7, 11) is 0. The van der Waals surface area contributed by atoms with Crippen molar-refractivity contribution < 1.29 is 13.9 Å². The highest BCUT2D eigenvalue weighted by Crippen LogP contribution is 2.33. The van der Waals surface area contributed by atoms with E-state index in [4.69, 9.17) is 32.0 Å². The van der Waals surface area contributed by atoms with Gasteiger partial charge >= 0.3 is 6.03 Å². The number of fused-ring (bicyclic) bond motifs is 1. The van der Waals surface area contributed by atoms with Gasteiger partial charge in [-0.1, -0.05) is 11.6 Å². The van der Waals surface area contributed by atoms with Crippen LogP contribution in [-0.2, 0) is 4.74 Å². The largest absolute Gasteiger partial charge is 0.378 e. The number of urea groups is 1. The van der Waals surface area contributed by atoms with E-state index in [0.717, 1.165) is 40.2 Å². The number of benzene rings is 2. The molecule has 0 saturated carbocycles. The number of anilines is 2. The zero-order chi connectivity index (χ0) is 25.9. The van der Waals surface area contributed by atoms with Crippen LogP contribution in [-0.4, -0.2) is 48.5 Å². The number of nitriles is 1. The summed E-state index contributed by atoms with van der Waals surface area (Å²) in [6.45, 7) is 2.67. The maximum Gasteiger partial charge on any atom is 0.340 e. The second-order valence-electron chi connectivity index (χ2n) is 8.01. The number of carbonyl (C=O) groups excluding carboxylic acids is 1. The van der Waals surface area contributed by atoms with Crippen LogP contribution in [0.2, 0.25) is 5.02 Å². The normalized spacial score (nSPS) is 13.7. The molecule has 186 valence electrons. The maximum atomic E-state index is 13.3. The van der Waals surface area contributed by atoms with Gasteiger partial charge in [-0.3, -0.25) is 0 Å². The van der Waals surface area contributed by atoms with Crippen molar-refractivity contribution in [1.29, 1.82) is 5.26 Å². The van der Waals surface area contributed by atoms with Gasteiger partial charge < -0.3 is 15.4 Å². The lowest BCUT2D eigenvalue weighted by molar-refractivity contribution is 0.122. The summed E-state index contributed by atoms with van der Waals surface area (Å²) < 4.78 is 19.8. The number of primary amides is 1. The summed E-state index contributed by atoms with van der Waals surface area (Å²) >= 11 is 7.62. The van der Waals surface area contributed by atoms with Crippen LogP contribution in [0.5, 0.6) is 0 Å². The van der Waals surface area contributed by atoms with Crippen LogP contribution < -0.4 is 15.6 Å². The Bertz CT molecular complexity index is 1560. The zero-order valence-corrected chi connectivity index (χ0v) is 20.8. The number of amides is 2. The highest BCUT2D eigenvalue weighted by atomic mass is 35.5. The fraction of sp³-hybridized carbons (Fsp3) is 0.160. The van der Waals surface area contributed by atoms with Gasteiger partial charge in [0.25, 0.3) is 0 Å². The molecular weight excluding hydrogens is 517 g/mol. The van der Waals surface area contributed by atoms with E-state index < -0.39 is 11.8 Å². The van der Waals surface area contributed by atoms with E-state index in [9.17, 15) is 14.4 Å². The van der Waals surface area contributed by atoms with Gasteiger partial charge in [0.2, 0.25) is 0 Å². The SMILES string of the molecule is N#Cc1cc(-c2nc(N3CCOCC3)c3sccc3n2)ccc1N(/N=C/c1ccc(F)cc1Cl)C(N)=O. The lowest BCUT2D eigenvalue weighted by Gasteiger charge is -2.28. The molecule has 4 aromatic rings. The van der Waals surface area contributed by atoms with Crippen LogP contribution in [0.3, 0.4) is 0 Å². The van der Waals surface area contributed by atoms with Crippen LogP contribution in [0.25, 0.3) is 21.6 Å². The minimum atomic E-state index is -0.913. The third kappa shape index (κ3) is 5.08. The van der Waals surface area contributed by atoms with Crippen molar-refractivity contribution in [1.82, 2.24) is 9.97 Å². The first-order valence-corrected chi connectivity index (χ1v) is 12.4. The number of morpholine rings is 1. The predicted molar refractivity (Wildman–Crippen MR) is 142 cm³/mol. The molecule has 0 unspecified atom stereocenters. The molecule has 0 bridgehead atoms. The van der Waals surface area contributed by atoms with Gasteiger partial charge in [0.1, 0.15) is 11.9 Å². The molecule has 2 amide bonds. The lowest BCUT2D eigenvalue weighted by atomic mass is 10.1. The Morgan fingerprint density at radius 3 is 2.78 bits per heavy atom. The minimum absolute atomic E-state index is 0.112. The number of ether oxygens (including phenoxy) is 1. The summed E-state index contributed by atoms with van der Waals surface area (Å²) in [5.74, 6) is 0.763. The van der Waals surface area contributed by atoms with Crippen molar-refractivity contribution in [2.75, 3.05) is 36.2 Å². The van der Waals surface area contributed by atoms with Gasteiger partial charge in [-0.05, 0) is 47.8 Å². The molecule has 0 spiro atoms. The molecule has 2 aromatic heterocycles. The van der Waals surface area contributed by atoms with Gasteiger partial charge in [0, 0.05) is 24.2 Å². The van der Waals surface area contributed by atoms with E-state index in [2.05, 4.69) is 16.1 Å². The number of thiophene rings is 1. The highest BCUT2D eigenvalue weighted by molar-refractivity contribution is 7.17. The van der Waals surface area contributed by atoms with Crippen molar-refractivity contribution >= 4 is 56.9 Å². The Balaban J connectivity index is 1.52. The van der Waals surface area contributed by atoms with Crippen LogP contribution in [0.4, 0.5) is 20.7 Å². The van der Waals surface area contributed by atoms with E-state index in [1.165, 1.54) is 18.3 Å². The molecule has 3 heterocycles. The summed E-state index contributed by atoms with van der Waals surface area (Å²) in [6, 6.07) is 11.7. The number of rotatable bonds is 5. The molecule has 1 aliphatic rings. The number of hydrogen-bond donors (Lipinski definition) is 1. The Labute approximate surface area is 220 Å². The van der Waals surface area contributed by atoms with Gasteiger partial charge in [-0.15, -0.1) is 11.3 Å². The van der Waals surface area contributed by atoms with Gasteiger partial charge in [0.15, 0.2) is 11.6 Å². The van der Waals surface area contributed by atoms with E-state index in [0.29, 0.717) is 30.2 Å². The lowest BCUT2D eigenvalue weighted by Crippen LogP contribution is -2.36. The second kappa shape index (κ2) is 10.5. The fourth-order valence-electron chi connectivity index (χ4n) is 3.88. The van der Waals surface area contributed by atoms with Crippen molar-refractivity contribution in [2.45, 2.75) is 0 Å². The van der Waals surface area contributed by atoms with E-state index in [-0.39, 0.29) is 16.3 Å². The third-order valence-electron chi connectivity index (χ3n) is 5.68. The molecule has 0 atom stereocenters. The van der Waals surface area contributed by atoms with Crippen molar-refractivity contribution in [3.8, 4) is 17.5 Å². The smallest absolute Gasteiger partial charge is 0.340 e. The molecule has 1 saturated heterocycles. The molecular formula is C25H19ClFN7O2S. The molecule has 9 nitrogen and oxygen atoms in total. The molecule has 12 heteroatoms. The van der Waals surface area contributed by atoms with Gasteiger partial charge in [-0.2, -0.15) is 15.4 Å². The number of hydrazone groups is 1. The predicted octanol–water partition coefficient (Wildman–Crippen LogP) is 4.78. The summed E-state index contributed by atoms with van der Waals surface area (Å²) in [4.78, 5) is 23.9. The summed E-state index contributed by atoms with van der Waals surface area (Å²) in [6.07, 6.45) is 1.27. The minimum Gasteiger partial charge on any atom is -0.378 e. The second-order valence-corrected chi connectivity index (χ2v) is 9.33. The van der Waals surface area contributed by atoms with Gasteiger partial charge in [0.05, 0.1) is 45.9 Å². The number of carbonyl (C=O) groups is 1. The number of nitrogens with two attached hydrogens (primary N) is 1. The highest BCUT2D eigenvalue weighted by Gasteiger charge is 2.21. The van der Waals surface area contributed by atoms with Crippen LogP contribution >= 0.6 is 22.9 Å². The number of nitrogens with zero attached hydrogens (tertiary/aromatic N) is 6. The van der Waals surface area contributed by atoms with Crippen LogP contribution in [0, 0.1) is 17.1 Å². The van der Waals surface area contributed by atoms with Gasteiger partial charge in [-0.25, -0.2) is 19.2 Å². The number of halogens is 2. The fourth-order valence-corrected chi connectivity index (χ4v) is 4.94. The molecule has 0 aliphatic carbocycles. The molecule has 5 rings (SSSR count). The number of aromatic nitrogens is 2. The van der Waals surface area contributed by atoms with E-state index in [1.54, 1.807) is 29.5 Å². The first kappa shape index (κ1) is 24.6. The molecule has 1 aliphatic heterocycles. The quantitative estimate of drug-likeness (QED) is 0.290. The monoisotopic (exact) mass is 535 g/mol. The molecule has 0 radical (unpaired) electrons. The van der Waals surface area contributed by atoms with Crippen molar-refractivity contribution in [2.24, 2.45) is 10.8 Å². The zero-order valence-electron chi connectivity index (χ0n) is 19.3. The molecule has 2 N–H and O–H groups in total. The van der Waals surface area contributed by atoms with E-state index >= 15 is 0 Å². The number of hydrogen-bond acceptors (Lipinski definition) is 8. The van der Waals surface area contributed by atoms with Crippen molar-refractivity contribution in [3.05, 3.63) is 69.8 Å². The van der Waals surface area contributed by atoms with Crippen LogP contribution in [0.15, 0.2) is 52.9 Å². The molecule has 1 fully saturated rings. The third-order valence-corrected chi connectivity index (χ3v) is 6.91. The average Bonchev–Trinajstić information content (AvgIpc) is 3.38. The first-order chi connectivity index (χ1) is 17.9. The van der Waals surface area contributed by atoms with E-state index in [1.807, 2.05) is 11.4 Å². The molecule has 2 aromatic carbocycles. The Kier molecular flexibility index (Phi) is 6.96. The standard InChI is InChI=1S/C25H19ClFN7O2S/c26-19-12-18(27)3-1-16(19)14-30-34(25(29)35)21-4-2-15(11-17(21)13-28)23-31-20-5-10-37-22(20)24(32-23)33-6-8-36-9-7-33/h1-5,10-12,14H,6-9H2,(H2,29,35)/b30-14+. The van der Waals surface area contributed by atoms with Crippen molar-refractivity contribution in [3.63, 3.8) is 0 Å². The first-order valence-electron chi connectivity index (χ1n) is 11.2. The summed E-state index contributed by atoms with van der Waals surface area (Å²) in [5.41, 5.74) is 7.63. The average molecular weight is 536 g/mol.